The first-order valence-electron chi connectivity index (χ1n) is 6.21. The fourth-order valence-electron chi connectivity index (χ4n) is 2.25. The van der Waals surface area contributed by atoms with Crippen LogP contribution in [0.25, 0.3) is 11.2 Å². The Hall–Kier alpha value is -1.46. The van der Waals surface area contributed by atoms with Crippen molar-refractivity contribution in [1.82, 2.24) is 19.5 Å². The van der Waals surface area contributed by atoms with Gasteiger partial charge in [-0.15, -0.1) is 0 Å². The zero-order chi connectivity index (χ0) is 15.9. The summed E-state index contributed by atoms with van der Waals surface area (Å²) in [6.07, 6.45) is -0.659. The quantitative estimate of drug-likeness (QED) is 0.488. The second-order valence-corrected chi connectivity index (χ2v) is 5.96. The molecule has 3 heterocycles. The van der Waals surface area contributed by atoms with Gasteiger partial charge in [-0.2, -0.15) is 0 Å². The van der Waals surface area contributed by atoms with Crippen molar-refractivity contribution in [2.45, 2.75) is 24.5 Å². The van der Waals surface area contributed by atoms with E-state index < -0.39 is 39.0 Å². The lowest BCUT2D eigenvalue weighted by atomic mass is 10.1. The molecule has 0 radical (unpaired) electrons. The maximum absolute atomic E-state index is 10.7. The summed E-state index contributed by atoms with van der Waals surface area (Å²) in [5, 5.41) is 20.0. The predicted octanol–water partition coefficient (Wildman–Crippen LogP) is -1.45. The number of aliphatic hydroxyl groups is 2. The highest BCUT2D eigenvalue weighted by Crippen LogP contribution is 2.38. The fraction of sp³-hybridized carbons (Fsp3) is 0.500. The van der Waals surface area contributed by atoms with Crippen molar-refractivity contribution < 1.29 is 33.8 Å². The molecule has 0 saturated carbocycles. The van der Waals surface area contributed by atoms with Gasteiger partial charge in [0.15, 0.2) is 11.9 Å². The van der Waals surface area contributed by atoms with E-state index in [4.69, 9.17) is 14.5 Å². The van der Waals surface area contributed by atoms with Crippen molar-refractivity contribution in [3.8, 4) is 0 Å². The van der Waals surface area contributed by atoms with E-state index in [1.165, 1.54) is 23.4 Å². The summed E-state index contributed by atoms with van der Waals surface area (Å²) < 4.78 is 21.9. The van der Waals surface area contributed by atoms with E-state index in [0.717, 1.165) is 0 Å². The summed E-state index contributed by atoms with van der Waals surface area (Å²) in [6, 6.07) is 0. The molecule has 1 fully saturated rings. The van der Waals surface area contributed by atoms with E-state index in [-0.39, 0.29) is 0 Å². The average molecular weight is 332 g/mol. The Bertz CT molecular complexity index is 718. The van der Waals surface area contributed by atoms with Crippen LogP contribution in [0.2, 0.25) is 0 Å². The molecule has 0 amide bonds. The lowest BCUT2D eigenvalue weighted by Gasteiger charge is -2.16. The molecule has 12 heteroatoms. The lowest BCUT2D eigenvalue weighted by Crippen LogP contribution is -2.33. The van der Waals surface area contributed by atoms with Crippen molar-refractivity contribution in [2.24, 2.45) is 0 Å². The second kappa shape index (κ2) is 5.63. The highest BCUT2D eigenvalue weighted by Gasteiger charge is 2.44. The Kier molecular flexibility index (Phi) is 3.95. The molecule has 1 saturated heterocycles. The third-order valence-corrected chi connectivity index (χ3v) is 3.76. The summed E-state index contributed by atoms with van der Waals surface area (Å²) in [4.78, 5) is 29.2. The normalized spacial score (nSPS) is 29.3. The molecule has 0 aromatic carbocycles. The van der Waals surface area contributed by atoms with Gasteiger partial charge in [-0.25, -0.2) is 19.5 Å². The number of aromatic nitrogens is 4. The van der Waals surface area contributed by atoms with Gasteiger partial charge in [0.1, 0.15) is 30.2 Å². The minimum Gasteiger partial charge on any atom is -0.387 e. The van der Waals surface area contributed by atoms with Crippen LogP contribution in [0.15, 0.2) is 18.9 Å². The molecule has 0 unspecified atom stereocenters. The molecule has 11 nitrogen and oxygen atoms in total. The maximum Gasteiger partial charge on any atom is 0.469 e. The molecule has 1 aliphatic heterocycles. The summed E-state index contributed by atoms with van der Waals surface area (Å²) in [6.45, 7) is -0.567. The number of phosphoric acid groups is 1. The van der Waals surface area contributed by atoms with Gasteiger partial charge in [0, 0.05) is 0 Å². The van der Waals surface area contributed by atoms with Gasteiger partial charge in [-0.1, -0.05) is 0 Å². The van der Waals surface area contributed by atoms with Crippen LogP contribution < -0.4 is 0 Å². The Morgan fingerprint density at radius 1 is 1.32 bits per heavy atom. The number of ether oxygens (including phenoxy) is 1. The Labute approximate surface area is 123 Å². The first kappa shape index (κ1) is 15.4. The maximum atomic E-state index is 10.7. The van der Waals surface area contributed by atoms with E-state index >= 15 is 0 Å². The van der Waals surface area contributed by atoms with Crippen LogP contribution in [-0.4, -0.2) is 64.4 Å². The Balaban J connectivity index is 1.82. The fourth-order valence-corrected chi connectivity index (χ4v) is 2.59. The zero-order valence-electron chi connectivity index (χ0n) is 11.0. The first-order valence-corrected chi connectivity index (χ1v) is 7.74. The third-order valence-electron chi connectivity index (χ3n) is 3.27. The predicted molar refractivity (Wildman–Crippen MR) is 69.2 cm³/mol. The van der Waals surface area contributed by atoms with Gasteiger partial charge in [-0.3, -0.25) is 9.09 Å². The number of rotatable bonds is 4. The monoisotopic (exact) mass is 332 g/mol. The van der Waals surface area contributed by atoms with Gasteiger partial charge < -0.3 is 24.7 Å². The molecular weight excluding hydrogens is 319 g/mol. The second-order valence-electron chi connectivity index (χ2n) is 4.72. The standard InChI is InChI=1S/C10H13N4O7P/c15-7-6(2-20-22(17,18)19)21-10(8(7)16)14-4-13-9-5(14)1-11-3-12-9/h1,3-4,6-8,10,15-16H,2H2,(H2,17,18,19)/t6-,7-,8+,10+/m0/s1. The number of hydrogen-bond donors (Lipinski definition) is 4. The lowest BCUT2D eigenvalue weighted by molar-refractivity contribution is -0.0501. The van der Waals surface area contributed by atoms with Crippen LogP contribution in [0.4, 0.5) is 0 Å². The number of phosphoric ester groups is 1. The van der Waals surface area contributed by atoms with Crippen LogP contribution in [-0.2, 0) is 13.8 Å². The Morgan fingerprint density at radius 2 is 2.09 bits per heavy atom. The van der Waals surface area contributed by atoms with Crippen molar-refractivity contribution in [1.29, 1.82) is 0 Å². The molecule has 120 valence electrons. The zero-order valence-corrected chi connectivity index (χ0v) is 11.9. The van der Waals surface area contributed by atoms with E-state index in [2.05, 4.69) is 19.5 Å². The summed E-state index contributed by atoms with van der Waals surface area (Å²) >= 11 is 0. The summed E-state index contributed by atoms with van der Waals surface area (Å²) in [7, 11) is -4.70. The van der Waals surface area contributed by atoms with Gasteiger partial charge in [0.25, 0.3) is 0 Å². The van der Waals surface area contributed by atoms with Crippen molar-refractivity contribution in [3.05, 3.63) is 18.9 Å². The molecule has 4 N–H and O–H groups in total. The van der Waals surface area contributed by atoms with Gasteiger partial charge >= 0.3 is 7.82 Å². The van der Waals surface area contributed by atoms with E-state index in [1.807, 2.05) is 0 Å². The molecular formula is C10H13N4O7P. The molecule has 2 aromatic heterocycles. The SMILES string of the molecule is O=P(O)(O)OC[C@@H]1O[C@@H](n2cnc3ncncc32)[C@H](O)[C@H]1O. The number of aliphatic hydroxyl groups excluding tert-OH is 2. The minimum absolute atomic E-state index is 0.384. The topological polar surface area (TPSA) is 160 Å². The molecule has 22 heavy (non-hydrogen) atoms. The van der Waals surface area contributed by atoms with E-state index in [9.17, 15) is 14.8 Å². The van der Waals surface area contributed by atoms with E-state index in [1.54, 1.807) is 0 Å². The number of fused-ring (bicyclic) bond motifs is 1. The van der Waals surface area contributed by atoms with Crippen LogP contribution in [0.1, 0.15) is 6.23 Å². The first-order chi connectivity index (χ1) is 10.4. The molecule has 1 aliphatic rings. The van der Waals surface area contributed by atoms with Crippen molar-refractivity contribution in [2.75, 3.05) is 6.61 Å². The van der Waals surface area contributed by atoms with Crippen molar-refractivity contribution >= 4 is 19.0 Å². The molecule has 2 aromatic rings. The van der Waals surface area contributed by atoms with Crippen LogP contribution in [0.3, 0.4) is 0 Å². The summed E-state index contributed by atoms with van der Waals surface area (Å²) in [5.41, 5.74) is 0.866. The van der Waals surface area contributed by atoms with Gasteiger partial charge in [0.05, 0.1) is 19.1 Å². The average Bonchev–Trinajstić information content (AvgIpc) is 3.00. The van der Waals surface area contributed by atoms with Crippen LogP contribution in [0.5, 0.6) is 0 Å². The molecule has 0 bridgehead atoms. The number of nitrogens with zero attached hydrogens (tertiary/aromatic N) is 4. The highest BCUT2D eigenvalue weighted by atomic mass is 31.2. The smallest absolute Gasteiger partial charge is 0.387 e. The summed E-state index contributed by atoms with van der Waals surface area (Å²) in [5.74, 6) is 0. The molecule has 0 spiro atoms. The van der Waals surface area contributed by atoms with Crippen molar-refractivity contribution in [3.63, 3.8) is 0 Å². The number of hydrogen-bond acceptors (Lipinski definition) is 8. The number of imidazole rings is 1. The van der Waals surface area contributed by atoms with Gasteiger partial charge in [-0.05, 0) is 0 Å². The van der Waals surface area contributed by atoms with Gasteiger partial charge in [0.2, 0.25) is 0 Å². The molecule has 4 atom stereocenters. The molecule has 3 rings (SSSR count). The third kappa shape index (κ3) is 2.88. The van der Waals surface area contributed by atoms with Crippen LogP contribution in [0, 0.1) is 0 Å². The van der Waals surface area contributed by atoms with Crippen LogP contribution >= 0.6 is 7.82 Å². The van der Waals surface area contributed by atoms with E-state index in [0.29, 0.717) is 11.2 Å². The largest absolute Gasteiger partial charge is 0.469 e. The Morgan fingerprint density at radius 3 is 2.82 bits per heavy atom. The minimum atomic E-state index is -4.70. The molecule has 0 aliphatic carbocycles. The highest BCUT2D eigenvalue weighted by molar-refractivity contribution is 7.46.